The van der Waals surface area contributed by atoms with Gasteiger partial charge in [-0.15, -0.1) is 0 Å². The van der Waals surface area contributed by atoms with E-state index in [0.717, 1.165) is 48.2 Å². The number of aliphatic hydroxyl groups is 6. The Kier molecular flexibility index (Phi) is 12.2. The molecule has 9 heteroatoms. The van der Waals surface area contributed by atoms with Gasteiger partial charge in [0.2, 0.25) is 0 Å². The van der Waals surface area contributed by atoms with Crippen LogP contribution in [0.3, 0.4) is 0 Å². The molecule has 3 fully saturated rings. The molecule has 0 radical (unpaired) electrons. The summed E-state index contributed by atoms with van der Waals surface area (Å²) in [4.78, 5) is 2.27. The van der Waals surface area contributed by atoms with Gasteiger partial charge in [0, 0.05) is 23.0 Å². The largest absolute Gasteiger partial charge is 0.394 e. The maximum absolute atomic E-state index is 10.5. The Bertz CT molecular complexity index is 1490. The molecule has 0 aromatic heterocycles. The van der Waals surface area contributed by atoms with Crippen molar-refractivity contribution in [1.82, 2.24) is 4.90 Å². The Balaban J connectivity index is 1.77. The average Bonchev–Trinajstić information content (AvgIpc) is 3.30. The topological polar surface area (TPSA) is 143 Å². The van der Waals surface area contributed by atoms with E-state index in [1.54, 1.807) is 25.2 Å². The number of rotatable bonds is 7. The van der Waals surface area contributed by atoms with E-state index in [1.807, 2.05) is 18.2 Å². The van der Waals surface area contributed by atoms with Gasteiger partial charge in [-0.3, -0.25) is 0 Å². The second kappa shape index (κ2) is 15.7. The van der Waals surface area contributed by atoms with Gasteiger partial charge in [-0.25, -0.2) is 0 Å². The number of nitrogens with zero attached hydrogens (tertiary/aromatic N) is 1. The predicted octanol–water partition coefficient (Wildman–Crippen LogP) is 1.65. The Hall–Kier alpha value is -3.32. The van der Waals surface area contributed by atoms with Crippen LogP contribution in [-0.2, 0) is 9.47 Å². The third-order valence-corrected chi connectivity index (χ3v) is 9.54. The normalized spacial score (nSPS) is 34.7. The van der Waals surface area contributed by atoms with Crippen molar-refractivity contribution in [3.05, 3.63) is 96.2 Å². The molecule has 0 amide bonds. The minimum Gasteiger partial charge on any atom is -0.394 e. The quantitative estimate of drug-likeness (QED) is 0.180. The molecule has 0 aromatic carbocycles. The SMILES string of the molecule is C=CC1=C(/C=C(/C#C[C@H]2O[C@H](CO)[C@@H](O)[C@H](O)[C@@H]2O)C=C)C2(CCN(C)CC2)C(/C=C(/C#C[C@H]2O[C@H](C)[C@@H](O)C[C@@H]2O)C=C)=C1C=C. The first kappa shape index (κ1) is 36.5. The van der Waals surface area contributed by atoms with Crippen molar-refractivity contribution in [1.29, 1.82) is 0 Å². The van der Waals surface area contributed by atoms with Gasteiger partial charge in [-0.1, -0.05) is 74.3 Å². The highest BCUT2D eigenvalue weighted by molar-refractivity contribution is 5.69. The molecule has 3 aliphatic heterocycles. The van der Waals surface area contributed by atoms with E-state index < -0.39 is 67.0 Å². The van der Waals surface area contributed by atoms with Gasteiger partial charge < -0.3 is 45.0 Å². The van der Waals surface area contributed by atoms with Gasteiger partial charge in [-0.05, 0) is 74.3 Å². The second-order valence-electron chi connectivity index (χ2n) is 12.5. The summed E-state index contributed by atoms with van der Waals surface area (Å²) < 4.78 is 11.3. The van der Waals surface area contributed by atoms with Gasteiger partial charge in [0.25, 0.3) is 0 Å². The first-order valence-corrected chi connectivity index (χ1v) is 15.9. The highest BCUT2D eigenvalue weighted by Gasteiger charge is 2.46. The van der Waals surface area contributed by atoms with Gasteiger partial charge in [-0.2, -0.15) is 0 Å². The third kappa shape index (κ3) is 7.56. The molecular weight excluding hydrogens is 598 g/mol. The molecule has 6 N–H and O–H groups in total. The van der Waals surface area contributed by atoms with E-state index in [2.05, 4.69) is 61.9 Å². The second-order valence-corrected chi connectivity index (χ2v) is 12.5. The van der Waals surface area contributed by atoms with E-state index >= 15 is 0 Å². The van der Waals surface area contributed by atoms with Crippen LogP contribution >= 0.6 is 0 Å². The van der Waals surface area contributed by atoms with Crippen LogP contribution in [0.4, 0.5) is 0 Å². The van der Waals surface area contributed by atoms with E-state index in [9.17, 15) is 30.6 Å². The minimum atomic E-state index is -1.53. The standard InChI is InChI=1S/C38H47NO8/c1-7-24(11-13-32-31(42)21-30(41)23(5)46-32)19-28-26(9-3)27(10-4)29(38(28)15-17-39(6)18-16-38)20-25(8-2)12-14-33-35(43)37(45)36(44)34(22-40)47-33/h7-10,19-20,23,30-37,40-45H,1-4,15-18,21-22H2,5-6H3/b24-19+,25-20+/t23-,30+,31+,32-,33-,34-,35-,36-,37-/m1/s1. The lowest BCUT2D eigenvalue weighted by molar-refractivity contribution is -0.214. The molecule has 9 atom stereocenters. The highest BCUT2D eigenvalue weighted by Crippen LogP contribution is 2.55. The van der Waals surface area contributed by atoms with Crippen LogP contribution < -0.4 is 0 Å². The van der Waals surface area contributed by atoms with Crippen LogP contribution in [0.15, 0.2) is 96.2 Å². The fourth-order valence-electron chi connectivity index (χ4n) is 6.60. The van der Waals surface area contributed by atoms with Gasteiger partial charge >= 0.3 is 0 Å². The molecular formula is C38H47NO8. The van der Waals surface area contributed by atoms with Crippen molar-refractivity contribution in [3.8, 4) is 23.7 Å². The average molecular weight is 646 g/mol. The molecule has 0 unspecified atom stereocenters. The molecule has 1 aliphatic carbocycles. The molecule has 3 heterocycles. The van der Waals surface area contributed by atoms with Crippen molar-refractivity contribution in [3.63, 3.8) is 0 Å². The van der Waals surface area contributed by atoms with Crippen molar-refractivity contribution in [2.45, 2.75) is 81.1 Å². The van der Waals surface area contributed by atoms with Crippen molar-refractivity contribution < 1.29 is 40.1 Å². The lowest BCUT2D eigenvalue weighted by Gasteiger charge is -2.41. The van der Waals surface area contributed by atoms with Gasteiger partial charge in [0.05, 0.1) is 24.9 Å². The van der Waals surface area contributed by atoms with E-state index in [4.69, 9.17) is 9.47 Å². The smallest absolute Gasteiger partial charge is 0.147 e. The maximum atomic E-state index is 10.5. The predicted molar refractivity (Wildman–Crippen MR) is 180 cm³/mol. The minimum absolute atomic E-state index is 0.184. The van der Waals surface area contributed by atoms with Crippen molar-refractivity contribution in [2.75, 3.05) is 26.7 Å². The first-order chi connectivity index (χ1) is 22.4. The van der Waals surface area contributed by atoms with Crippen LogP contribution in [0.2, 0.25) is 0 Å². The molecule has 1 spiro atoms. The molecule has 0 saturated carbocycles. The number of hydrogen-bond donors (Lipinski definition) is 6. The zero-order valence-corrected chi connectivity index (χ0v) is 27.2. The number of aliphatic hydroxyl groups excluding tert-OH is 6. The van der Waals surface area contributed by atoms with Crippen LogP contribution in [0.5, 0.6) is 0 Å². The molecule has 4 rings (SSSR count). The fraction of sp³-hybridized carbons (Fsp3) is 0.474. The Morgan fingerprint density at radius 1 is 0.809 bits per heavy atom. The summed E-state index contributed by atoms with van der Waals surface area (Å²) in [5.74, 6) is 12.0. The molecule has 9 nitrogen and oxygen atoms in total. The lowest BCUT2D eigenvalue weighted by Crippen LogP contribution is -2.58. The molecule has 0 bridgehead atoms. The number of piperidine rings is 1. The van der Waals surface area contributed by atoms with E-state index in [0.29, 0.717) is 11.1 Å². The Morgan fingerprint density at radius 3 is 1.83 bits per heavy atom. The number of likely N-dealkylation sites (tertiary alicyclic amines) is 1. The number of hydrogen-bond acceptors (Lipinski definition) is 9. The Morgan fingerprint density at radius 2 is 1.34 bits per heavy atom. The monoisotopic (exact) mass is 645 g/mol. The third-order valence-electron chi connectivity index (χ3n) is 9.54. The van der Waals surface area contributed by atoms with Crippen molar-refractivity contribution >= 4 is 0 Å². The van der Waals surface area contributed by atoms with Crippen LogP contribution in [0.1, 0.15) is 26.2 Å². The Labute approximate surface area is 277 Å². The van der Waals surface area contributed by atoms with Gasteiger partial charge in [0.15, 0.2) is 0 Å². The summed E-state index contributed by atoms with van der Waals surface area (Å²) in [5, 5.41) is 60.9. The summed E-state index contributed by atoms with van der Waals surface area (Å²) in [6.45, 7) is 19.1. The van der Waals surface area contributed by atoms with Crippen LogP contribution in [-0.4, -0.2) is 117 Å². The lowest BCUT2D eigenvalue weighted by atomic mass is 9.68. The van der Waals surface area contributed by atoms with Crippen molar-refractivity contribution in [2.24, 2.45) is 5.41 Å². The fourth-order valence-corrected chi connectivity index (χ4v) is 6.60. The molecule has 47 heavy (non-hydrogen) atoms. The molecule has 252 valence electrons. The number of allylic oxidation sites excluding steroid dienone is 12. The molecule has 0 aromatic rings. The van der Waals surface area contributed by atoms with Gasteiger partial charge in [0.1, 0.15) is 36.6 Å². The van der Waals surface area contributed by atoms with E-state index in [-0.39, 0.29) is 6.42 Å². The molecule has 4 aliphatic rings. The summed E-state index contributed by atoms with van der Waals surface area (Å²) >= 11 is 0. The summed E-state index contributed by atoms with van der Waals surface area (Å²) in [7, 11) is 2.08. The summed E-state index contributed by atoms with van der Waals surface area (Å²) in [6, 6.07) is 0. The summed E-state index contributed by atoms with van der Waals surface area (Å²) in [6.07, 6.45) is 3.04. The zero-order chi connectivity index (χ0) is 34.5. The highest BCUT2D eigenvalue weighted by atomic mass is 16.5. The zero-order valence-electron chi connectivity index (χ0n) is 27.2. The number of ether oxygens (including phenoxy) is 2. The van der Waals surface area contributed by atoms with Crippen LogP contribution in [0, 0.1) is 29.1 Å². The summed E-state index contributed by atoms with van der Waals surface area (Å²) in [5.41, 5.74) is 4.46. The molecule has 3 saturated heterocycles. The first-order valence-electron chi connectivity index (χ1n) is 15.9. The van der Waals surface area contributed by atoms with Crippen LogP contribution in [0.25, 0.3) is 0 Å². The van der Waals surface area contributed by atoms with E-state index in [1.165, 1.54) is 0 Å². The maximum Gasteiger partial charge on any atom is 0.147 e.